The lowest BCUT2D eigenvalue weighted by molar-refractivity contribution is 0.340. The highest BCUT2D eigenvalue weighted by Crippen LogP contribution is 2.25. The van der Waals surface area contributed by atoms with Crippen LogP contribution in [0.2, 0.25) is 0 Å². The molecule has 0 aliphatic heterocycles. The zero-order chi connectivity index (χ0) is 14.5. The van der Waals surface area contributed by atoms with E-state index in [1.165, 1.54) is 6.20 Å². The molecule has 2 aromatic rings. The maximum Gasteiger partial charge on any atom is 0.146 e. The highest BCUT2D eigenvalue weighted by molar-refractivity contribution is 9.10. The lowest BCUT2D eigenvalue weighted by Gasteiger charge is -2.17. The summed E-state index contributed by atoms with van der Waals surface area (Å²) in [5.41, 5.74) is 1.45. The molecule has 1 unspecified atom stereocenters. The van der Waals surface area contributed by atoms with Gasteiger partial charge in [0.2, 0.25) is 0 Å². The van der Waals surface area contributed by atoms with Gasteiger partial charge in [0.15, 0.2) is 0 Å². The zero-order valence-electron chi connectivity index (χ0n) is 11.4. The first kappa shape index (κ1) is 14.8. The zero-order valence-corrected chi connectivity index (χ0v) is 12.9. The van der Waals surface area contributed by atoms with Gasteiger partial charge in [0.05, 0.1) is 18.8 Å². The Kier molecular flexibility index (Phi) is 4.95. The number of pyridine rings is 1. The van der Waals surface area contributed by atoms with Crippen LogP contribution in [0.1, 0.15) is 25.5 Å². The molecule has 106 valence electrons. The van der Waals surface area contributed by atoms with Gasteiger partial charge in [-0.1, -0.05) is 6.07 Å². The molecule has 1 aromatic heterocycles. The van der Waals surface area contributed by atoms with E-state index in [0.717, 1.165) is 11.4 Å². The molecule has 0 saturated carbocycles. The smallest absolute Gasteiger partial charge is 0.146 e. The number of nitrogens with zero attached hydrogens (tertiary/aromatic N) is 1. The van der Waals surface area contributed by atoms with Crippen LogP contribution in [0, 0.1) is 5.82 Å². The largest absolute Gasteiger partial charge is 0.494 e. The summed E-state index contributed by atoms with van der Waals surface area (Å²) in [4.78, 5) is 3.86. The molecule has 0 spiro atoms. The molecule has 1 atom stereocenters. The highest BCUT2D eigenvalue weighted by atomic mass is 79.9. The minimum absolute atomic E-state index is 0.175. The lowest BCUT2D eigenvalue weighted by atomic mass is 10.1. The number of halogens is 2. The van der Waals surface area contributed by atoms with Crippen molar-refractivity contribution in [2.24, 2.45) is 0 Å². The third kappa shape index (κ3) is 3.70. The van der Waals surface area contributed by atoms with Crippen molar-refractivity contribution in [3.05, 3.63) is 52.5 Å². The Labute approximate surface area is 126 Å². The first-order valence-corrected chi connectivity index (χ1v) is 7.19. The van der Waals surface area contributed by atoms with Crippen molar-refractivity contribution in [3.63, 3.8) is 0 Å². The van der Waals surface area contributed by atoms with Gasteiger partial charge in [-0.2, -0.15) is 0 Å². The van der Waals surface area contributed by atoms with Gasteiger partial charge in [-0.25, -0.2) is 9.37 Å². The number of benzene rings is 1. The fraction of sp³-hybridized carbons (Fsp3) is 0.267. The maximum atomic E-state index is 13.8. The fourth-order valence-corrected chi connectivity index (χ4v) is 2.28. The van der Waals surface area contributed by atoms with Gasteiger partial charge in [0, 0.05) is 17.3 Å². The minimum atomic E-state index is -0.325. The van der Waals surface area contributed by atoms with Gasteiger partial charge >= 0.3 is 0 Å². The fourth-order valence-electron chi connectivity index (χ4n) is 1.93. The summed E-state index contributed by atoms with van der Waals surface area (Å²) in [7, 11) is 0. The topological polar surface area (TPSA) is 34.1 Å². The number of aromatic nitrogens is 1. The quantitative estimate of drug-likeness (QED) is 0.811. The summed E-state index contributed by atoms with van der Waals surface area (Å²) in [6, 6.07) is 9.12. The van der Waals surface area contributed by atoms with Gasteiger partial charge in [-0.05, 0) is 48.0 Å². The van der Waals surface area contributed by atoms with Gasteiger partial charge < -0.3 is 10.1 Å². The Bertz CT molecular complexity index is 592. The van der Waals surface area contributed by atoms with Crippen molar-refractivity contribution in [1.29, 1.82) is 0 Å². The summed E-state index contributed by atoms with van der Waals surface area (Å²) in [5.74, 6) is 0.468. The molecule has 0 aliphatic rings. The Morgan fingerprint density at radius 1 is 1.40 bits per heavy atom. The molecular weight excluding hydrogens is 323 g/mol. The summed E-state index contributed by atoms with van der Waals surface area (Å²) in [6.45, 7) is 4.45. The molecule has 0 aliphatic carbocycles. The maximum absolute atomic E-state index is 13.8. The minimum Gasteiger partial charge on any atom is -0.494 e. The Morgan fingerprint density at radius 2 is 2.20 bits per heavy atom. The normalized spacial score (nSPS) is 12.0. The average Bonchev–Trinajstić information content (AvgIpc) is 2.42. The first-order chi connectivity index (χ1) is 9.60. The Hall–Kier alpha value is -1.62. The van der Waals surface area contributed by atoms with Crippen LogP contribution in [0.5, 0.6) is 5.75 Å². The van der Waals surface area contributed by atoms with Gasteiger partial charge in [0.1, 0.15) is 16.2 Å². The molecule has 1 N–H and O–H groups in total. The van der Waals surface area contributed by atoms with Crippen molar-refractivity contribution < 1.29 is 9.13 Å². The average molecular weight is 339 g/mol. The number of hydrogen-bond donors (Lipinski definition) is 1. The van der Waals surface area contributed by atoms with Gasteiger partial charge in [0.25, 0.3) is 0 Å². The number of ether oxygens (including phenoxy) is 1. The van der Waals surface area contributed by atoms with Crippen molar-refractivity contribution in [3.8, 4) is 5.75 Å². The number of rotatable bonds is 5. The van der Waals surface area contributed by atoms with Crippen LogP contribution in [0.3, 0.4) is 0 Å². The predicted octanol–water partition coefficient (Wildman–Crippen LogP) is 4.56. The van der Waals surface area contributed by atoms with Crippen molar-refractivity contribution >= 4 is 21.6 Å². The SMILES string of the molecule is CCOc1cccc(NC(C)c2cc(Br)ncc2F)c1. The van der Waals surface area contributed by atoms with E-state index < -0.39 is 0 Å². The number of hydrogen-bond acceptors (Lipinski definition) is 3. The van der Waals surface area contributed by atoms with Crippen LogP contribution >= 0.6 is 15.9 Å². The van der Waals surface area contributed by atoms with Crippen LogP contribution in [-0.4, -0.2) is 11.6 Å². The van der Waals surface area contributed by atoms with Gasteiger partial charge in [-0.3, -0.25) is 0 Å². The standard InChI is InChI=1S/C15H16BrFN2O/c1-3-20-12-6-4-5-11(7-12)19-10(2)13-8-15(16)18-9-14(13)17/h4-10,19H,3H2,1-2H3. The van der Waals surface area contributed by atoms with E-state index in [9.17, 15) is 4.39 Å². The molecule has 0 fully saturated rings. The van der Waals surface area contributed by atoms with Crippen LogP contribution in [0.4, 0.5) is 10.1 Å². The molecule has 1 heterocycles. The molecule has 0 amide bonds. The molecule has 2 rings (SSSR count). The molecule has 0 radical (unpaired) electrons. The Balaban J connectivity index is 2.16. The van der Waals surface area contributed by atoms with Crippen LogP contribution in [-0.2, 0) is 0 Å². The van der Waals surface area contributed by atoms with Crippen molar-refractivity contribution in [1.82, 2.24) is 4.98 Å². The summed E-state index contributed by atoms with van der Waals surface area (Å²) in [5, 5.41) is 3.26. The molecular formula is C15H16BrFN2O. The third-order valence-corrected chi connectivity index (χ3v) is 3.28. The number of anilines is 1. The van der Waals surface area contributed by atoms with Crippen LogP contribution in [0.15, 0.2) is 41.1 Å². The summed E-state index contributed by atoms with van der Waals surface area (Å²) >= 11 is 3.26. The van der Waals surface area contributed by atoms with Crippen molar-refractivity contribution in [2.45, 2.75) is 19.9 Å². The van der Waals surface area contributed by atoms with E-state index in [1.807, 2.05) is 38.1 Å². The summed E-state index contributed by atoms with van der Waals surface area (Å²) < 4.78 is 19.8. The van der Waals surface area contributed by atoms with E-state index in [0.29, 0.717) is 16.8 Å². The lowest BCUT2D eigenvalue weighted by Crippen LogP contribution is -2.09. The molecule has 1 aromatic carbocycles. The third-order valence-electron chi connectivity index (χ3n) is 2.85. The Morgan fingerprint density at radius 3 is 2.95 bits per heavy atom. The van der Waals surface area contributed by atoms with E-state index in [1.54, 1.807) is 6.07 Å². The van der Waals surface area contributed by atoms with E-state index in [2.05, 4.69) is 26.2 Å². The van der Waals surface area contributed by atoms with Gasteiger partial charge in [-0.15, -0.1) is 0 Å². The van der Waals surface area contributed by atoms with E-state index in [4.69, 9.17) is 4.74 Å². The summed E-state index contributed by atoms with van der Waals surface area (Å²) in [6.07, 6.45) is 1.22. The van der Waals surface area contributed by atoms with Crippen LogP contribution in [0.25, 0.3) is 0 Å². The predicted molar refractivity (Wildman–Crippen MR) is 81.5 cm³/mol. The second-order valence-corrected chi connectivity index (χ2v) is 5.17. The highest BCUT2D eigenvalue weighted by Gasteiger charge is 2.12. The molecule has 0 saturated heterocycles. The van der Waals surface area contributed by atoms with Crippen LogP contribution < -0.4 is 10.1 Å². The first-order valence-electron chi connectivity index (χ1n) is 6.40. The molecule has 5 heteroatoms. The molecule has 0 bridgehead atoms. The van der Waals surface area contributed by atoms with E-state index in [-0.39, 0.29) is 11.9 Å². The second kappa shape index (κ2) is 6.70. The molecule has 20 heavy (non-hydrogen) atoms. The van der Waals surface area contributed by atoms with E-state index >= 15 is 0 Å². The number of nitrogens with one attached hydrogen (secondary N) is 1. The van der Waals surface area contributed by atoms with Crippen molar-refractivity contribution in [2.75, 3.05) is 11.9 Å². The second-order valence-electron chi connectivity index (χ2n) is 4.36. The monoisotopic (exact) mass is 338 g/mol. The molecule has 3 nitrogen and oxygen atoms in total.